The maximum absolute atomic E-state index is 13.1. The van der Waals surface area contributed by atoms with Crippen molar-refractivity contribution >= 4 is 5.91 Å². The summed E-state index contributed by atoms with van der Waals surface area (Å²) < 4.78 is 11.3. The lowest BCUT2D eigenvalue weighted by Crippen LogP contribution is -2.31. The van der Waals surface area contributed by atoms with Crippen molar-refractivity contribution in [3.8, 4) is 23.0 Å². The van der Waals surface area contributed by atoms with Crippen molar-refractivity contribution in [1.82, 2.24) is 10.3 Å². The quantitative estimate of drug-likeness (QED) is 0.545. The summed E-state index contributed by atoms with van der Waals surface area (Å²) in [6.07, 6.45) is 3.37. The summed E-state index contributed by atoms with van der Waals surface area (Å²) in [5.41, 5.74) is 3.42. The lowest BCUT2D eigenvalue weighted by Gasteiger charge is -2.27. The number of ether oxygens (including phenoxy) is 1. The molecule has 1 aliphatic heterocycles. The summed E-state index contributed by atoms with van der Waals surface area (Å²) in [5.74, 6) is 1.68. The smallest absolute Gasteiger partial charge is 0.232 e. The zero-order valence-corrected chi connectivity index (χ0v) is 15.5. The van der Waals surface area contributed by atoms with Crippen LogP contribution in [-0.2, 0) is 11.3 Å². The molecule has 3 heterocycles. The molecule has 1 N–H and O–H groups in total. The molecule has 4 aromatic rings. The Morgan fingerprint density at radius 3 is 2.24 bits per heavy atom. The molecule has 29 heavy (non-hydrogen) atoms. The summed E-state index contributed by atoms with van der Waals surface area (Å²) in [4.78, 5) is 17.6. The van der Waals surface area contributed by atoms with Crippen LogP contribution in [0.5, 0.6) is 11.5 Å². The van der Waals surface area contributed by atoms with Gasteiger partial charge in [0.15, 0.2) is 5.76 Å². The van der Waals surface area contributed by atoms with Gasteiger partial charge >= 0.3 is 0 Å². The van der Waals surface area contributed by atoms with Crippen LogP contribution in [0.15, 0.2) is 89.7 Å². The highest BCUT2D eigenvalue weighted by Crippen LogP contribution is 2.43. The van der Waals surface area contributed by atoms with Crippen molar-refractivity contribution in [3.05, 3.63) is 102 Å². The molecule has 5 nitrogen and oxygen atoms in total. The molecule has 2 aromatic heterocycles. The summed E-state index contributed by atoms with van der Waals surface area (Å²) in [5, 5.41) is 3.05. The van der Waals surface area contributed by atoms with Crippen molar-refractivity contribution in [2.24, 2.45) is 0 Å². The van der Waals surface area contributed by atoms with E-state index in [2.05, 4.69) is 10.3 Å². The number of carbonyl (C=O) groups excluding carboxylic acids is 1. The molecule has 1 aliphatic rings. The number of amides is 1. The maximum atomic E-state index is 13.1. The number of furan rings is 1. The summed E-state index contributed by atoms with van der Waals surface area (Å²) in [7, 11) is 0. The Labute approximate surface area is 168 Å². The van der Waals surface area contributed by atoms with Gasteiger partial charge < -0.3 is 14.5 Å². The average molecular weight is 382 g/mol. The van der Waals surface area contributed by atoms with Crippen LogP contribution in [0, 0.1) is 0 Å². The molecule has 0 saturated carbocycles. The Bertz CT molecular complexity index is 1110. The van der Waals surface area contributed by atoms with Gasteiger partial charge in [-0.3, -0.25) is 9.78 Å². The third kappa shape index (κ3) is 3.27. The van der Waals surface area contributed by atoms with Gasteiger partial charge in [0.05, 0.1) is 12.2 Å². The highest BCUT2D eigenvalue weighted by atomic mass is 16.5. The molecular formula is C24H18N2O3. The molecular weight excluding hydrogens is 364 g/mol. The molecule has 0 atom stereocenters. The Kier molecular flexibility index (Phi) is 4.33. The molecule has 2 aromatic carbocycles. The van der Waals surface area contributed by atoms with Crippen LogP contribution in [0.25, 0.3) is 11.5 Å². The molecule has 0 saturated heterocycles. The minimum Gasteiger partial charge on any atom is -0.463 e. The lowest BCUT2D eigenvalue weighted by atomic mass is 9.87. The first-order valence-electron chi connectivity index (χ1n) is 9.42. The Balaban J connectivity index is 1.36. The van der Waals surface area contributed by atoms with Crippen LogP contribution in [0.2, 0.25) is 0 Å². The third-order valence-corrected chi connectivity index (χ3v) is 5.01. The van der Waals surface area contributed by atoms with Gasteiger partial charge in [-0.1, -0.05) is 42.5 Å². The van der Waals surface area contributed by atoms with Crippen LogP contribution in [0.4, 0.5) is 0 Å². The highest BCUT2D eigenvalue weighted by molar-refractivity contribution is 5.89. The molecule has 5 heteroatoms. The highest BCUT2D eigenvalue weighted by Gasteiger charge is 2.32. The van der Waals surface area contributed by atoms with Crippen LogP contribution in [-0.4, -0.2) is 10.9 Å². The number of nitrogens with one attached hydrogen (secondary N) is 1. The fourth-order valence-corrected chi connectivity index (χ4v) is 3.58. The number of aromatic nitrogens is 1. The second kappa shape index (κ2) is 7.28. The molecule has 1 amide bonds. The largest absolute Gasteiger partial charge is 0.463 e. The third-order valence-electron chi connectivity index (χ3n) is 5.01. The van der Waals surface area contributed by atoms with E-state index in [1.807, 2.05) is 72.8 Å². The number of nitrogens with zero attached hydrogens (tertiary/aromatic N) is 1. The number of hydrogen-bond donors (Lipinski definition) is 1. The molecule has 0 radical (unpaired) electrons. The predicted molar refractivity (Wildman–Crippen MR) is 109 cm³/mol. The first-order chi connectivity index (χ1) is 14.3. The minimum atomic E-state index is -0.411. The molecule has 5 rings (SSSR count). The van der Waals surface area contributed by atoms with E-state index in [0.29, 0.717) is 6.54 Å². The maximum Gasteiger partial charge on any atom is 0.232 e. The van der Waals surface area contributed by atoms with E-state index in [4.69, 9.17) is 9.15 Å². The summed E-state index contributed by atoms with van der Waals surface area (Å²) in [6.45, 7) is 0.395. The SMILES string of the molecule is O=C(NCc1ccc(-c2ccco2)nc1)C1c2ccccc2Oc2ccccc21. The van der Waals surface area contributed by atoms with Gasteiger partial charge in [-0.2, -0.15) is 0 Å². The van der Waals surface area contributed by atoms with Crippen molar-refractivity contribution in [2.75, 3.05) is 0 Å². The fraction of sp³-hybridized carbons (Fsp3) is 0.0833. The fourth-order valence-electron chi connectivity index (χ4n) is 3.58. The standard InChI is InChI=1S/C24H18N2O3/c27-24(26-15-16-11-12-19(25-14-16)22-10-5-13-28-22)23-17-6-1-3-8-20(17)29-21-9-4-2-7-18(21)23/h1-14,23H,15H2,(H,26,27). The number of pyridine rings is 1. The average Bonchev–Trinajstić information content (AvgIpc) is 3.31. The minimum absolute atomic E-state index is 0.0664. The van der Waals surface area contributed by atoms with E-state index < -0.39 is 5.92 Å². The first kappa shape index (κ1) is 17.3. The van der Waals surface area contributed by atoms with Crippen molar-refractivity contribution in [2.45, 2.75) is 12.5 Å². The second-order valence-electron chi connectivity index (χ2n) is 6.86. The zero-order valence-electron chi connectivity index (χ0n) is 15.5. The summed E-state index contributed by atoms with van der Waals surface area (Å²) in [6, 6.07) is 22.9. The van der Waals surface area contributed by atoms with Crippen LogP contribution < -0.4 is 10.1 Å². The van der Waals surface area contributed by atoms with E-state index >= 15 is 0 Å². The molecule has 0 aliphatic carbocycles. The topological polar surface area (TPSA) is 64.4 Å². The van der Waals surface area contributed by atoms with E-state index in [1.165, 1.54) is 0 Å². The van der Waals surface area contributed by atoms with Gasteiger partial charge in [0.1, 0.15) is 17.2 Å². The van der Waals surface area contributed by atoms with Crippen LogP contribution >= 0.6 is 0 Å². The van der Waals surface area contributed by atoms with Gasteiger partial charge in [0.25, 0.3) is 0 Å². The Morgan fingerprint density at radius 2 is 1.62 bits per heavy atom. The van der Waals surface area contributed by atoms with Gasteiger partial charge in [0.2, 0.25) is 5.91 Å². The predicted octanol–water partition coefficient (Wildman–Crippen LogP) is 4.90. The van der Waals surface area contributed by atoms with E-state index in [-0.39, 0.29) is 5.91 Å². The number of fused-ring (bicyclic) bond motifs is 2. The number of rotatable bonds is 4. The van der Waals surface area contributed by atoms with E-state index in [9.17, 15) is 4.79 Å². The number of carbonyl (C=O) groups is 1. The van der Waals surface area contributed by atoms with Crippen molar-refractivity contribution in [1.29, 1.82) is 0 Å². The molecule has 0 bridgehead atoms. The van der Waals surface area contributed by atoms with Crippen LogP contribution in [0.3, 0.4) is 0 Å². The summed E-state index contributed by atoms with van der Waals surface area (Å²) >= 11 is 0. The first-order valence-corrected chi connectivity index (χ1v) is 9.42. The zero-order chi connectivity index (χ0) is 19.6. The monoisotopic (exact) mass is 382 g/mol. The lowest BCUT2D eigenvalue weighted by molar-refractivity contribution is -0.122. The molecule has 0 spiro atoms. The second-order valence-corrected chi connectivity index (χ2v) is 6.86. The van der Waals surface area contributed by atoms with Gasteiger partial charge in [0, 0.05) is 23.9 Å². The van der Waals surface area contributed by atoms with Gasteiger partial charge in [-0.05, 0) is 35.9 Å². The normalized spacial score (nSPS) is 12.6. The molecule has 0 unspecified atom stereocenters. The Hall–Kier alpha value is -3.86. The van der Waals surface area contributed by atoms with E-state index in [0.717, 1.165) is 39.6 Å². The number of hydrogen-bond acceptors (Lipinski definition) is 4. The van der Waals surface area contributed by atoms with E-state index in [1.54, 1.807) is 12.5 Å². The van der Waals surface area contributed by atoms with Gasteiger partial charge in [-0.15, -0.1) is 0 Å². The molecule has 0 fully saturated rings. The number of benzene rings is 2. The van der Waals surface area contributed by atoms with Gasteiger partial charge in [-0.25, -0.2) is 0 Å². The van der Waals surface area contributed by atoms with Crippen LogP contribution in [0.1, 0.15) is 22.6 Å². The van der Waals surface area contributed by atoms with Crippen molar-refractivity contribution < 1.29 is 13.9 Å². The van der Waals surface area contributed by atoms with Crippen molar-refractivity contribution in [3.63, 3.8) is 0 Å². The Morgan fingerprint density at radius 1 is 0.897 bits per heavy atom. The number of para-hydroxylation sites is 2. The molecule has 142 valence electrons.